The van der Waals surface area contributed by atoms with Crippen LogP contribution in [0.2, 0.25) is 0 Å². The number of esters is 1. The quantitative estimate of drug-likeness (QED) is 0.265. The average Bonchev–Trinajstić information content (AvgIpc) is 2.49. The fourth-order valence-corrected chi connectivity index (χ4v) is 6.40. The number of aryl methyl sites for hydroxylation is 1. The van der Waals surface area contributed by atoms with Crippen molar-refractivity contribution in [3.8, 4) is 5.75 Å². The van der Waals surface area contributed by atoms with Gasteiger partial charge in [0.15, 0.2) is 5.75 Å². The minimum absolute atomic E-state index is 0.0549. The molecule has 0 aliphatic rings. The largest absolute Gasteiger partial charge is 0.535 e. The minimum atomic E-state index is -3.87. The normalized spacial score (nSPS) is 11.3. The van der Waals surface area contributed by atoms with E-state index in [0.29, 0.717) is 5.75 Å². The summed E-state index contributed by atoms with van der Waals surface area (Å²) in [5.74, 6) is -0.299. The summed E-state index contributed by atoms with van der Waals surface area (Å²) in [6.07, 6.45) is 0. The summed E-state index contributed by atoms with van der Waals surface area (Å²) in [6, 6.07) is 10.0. The molecule has 5 nitrogen and oxygen atoms in total. The van der Waals surface area contributed by atoms with E-state index >= 15 is 0 Å². The van der Waals surface area contributed by atoms with Crippen LogP contribution in [0.25, 0.3) is 4.72 Å². The molecule has 9 heteroatoms. The van der Waals surface area contributed by atoms with Gasteiger partial charge in [0, 0.05) is 8.47 Å². The van der Waals surface area contributed by atoms with Gasteiger partial charge in [0.25, 0.3) is 5.97 Å². The molecule has 2 rings (SSSR count). The topological polar surface area (TPSA) is 74.5 Å². The molecule has 0 N–H and O–H groups in total. The van der Waals surface area contributed by atoms with E-state index < -0.39 is 22.5 Å². The lowest BCUT2D eigenvalue weighted by molar-refractivity contribution is -0.132. The van der Waals surface area contributed by atoms with Gasteiger partial charge in [-0.2, -0.15) is 0 Å². The van der Waals surface area contributed by atoms with Gasteiger partial charge in [-0.1, -0.05) is 17.7 Å². The molecule has 0 heterocycles. The molecule has 0 saturated heterocycles. The Morgan fingerprint density at radius 1 is 1.08 bits per heavy atom. The van der Waals surface area contributed by atoms with Gasteiger partial charge in [-0.3, -0.25) is 4.79 Å². The highest BCUT2D eigenvalue weighted by Gasteiger charge is 2.12. The van der Waals surface area contributed by atoms with Crippen LogP contribution in [0.4, 0.5) is 0 Å². The second-order valence-electron chi connectivity index (χ2n) is 4.75. The molecule has 24 heavy (non-hydrogen) atoms. The van der Waals surface area contributed by atoms with Crippen molar-refractivity contribution in [2.24, 2.45) is 0 Å². The molecule has 0 bridgehead atoms. The molecule has 0 aliphatic heterocycles. The zero-order chi connectivity index (χ0) is 17.9. The van der Waals surface area contributed by atoms with Crippen molar-refractivity contribution in [2.75, 3.05) is 6.54 Å². The SMILES string of the molecule is Cc1ccc(S(=O)(=O)[N-]CC(=O)Oc2c(I)cc(I)cc2I)cc1. The number of ether oxygens (including phenoxy) is 1. The maximum absolute atomic E-state index is 12.1. The van der Waals surface area contributed by atoms with Gasteiger partial charge >= 0.3 is 0 Å². The molecule has 128 valence electrons. The molecular weight excluding hydrogens is 671 g/mol. The molecule has 0 spiro atoms. The minimum Gasteiger partial charge on any atom is -0.535 e. The van der Waals surface area contributed by atoms with Crippen molar-refractivity contribution in [3.05, 3.63) is 57.4 Å². The van der Waals surface area contributed by atoms with Crippen molar-refractivity contribution in [1.82, 2.24) is 0 Å². The summed E-state index contributed by atoms with van der Waals surface area (Å²) in [5, 5.41) is 0. The standard InChI is InChI=1S/C15H11I3NO4S/c1-9-2-4-11(5-3-9)24(21,22)19-8-14(20)23-15-12(17)6-10(16)7-13(15)18/h2-7H,8H2,1H3/q-1. The molecule has 0 fully saturated rings. The average molecular weight is 682 g/mol. The molecule has 0 saturated carbocycles. The van der Waals surface area contributed by atoms with Gasteiger partial charge < -0.3 is 9.46 Å². The third kappa shape index (κ3) is 5.51. The van der Waals surface area contributed by atoms with Crippen molar-refractivity contribution in [1.29, 1.82) is 0 Å². The lowest BCUT2D eigenvalue weighted by Crippen LogP contribution is -2.16. The number of carbonyl (C=O) groups is 1. The predicted molar refractivity (Wildman–Crippen MR) is 117 cm³/mol. The zero-order valence-electron chi connectivity index (χ0n) is 12.3. The van der Waals surface area contributed by atoms with Crippen LogP contribution >= 0.6 is 67.8 Å². The van der Waals surface area contributed by atoms with Crippen molar-refractivity contribution >= 4 is 83.8 Å². The smallest absolute Gasteiger partial charge is 0.291 e. The summed E-state index contributed by atoms with van der Waals surface area (Å²) < 4.78 is 35.6. The van der Waals surface area contributed by atoms with Crippen LogP contribution in [-0.4, -0.2) is 20.9 Å². The highest BCUT2D eigenvalue weighted by atomic mass is 127. The highest BCUT2D eigenvalue weighted by molar-refractivity contribution is 14.1. The molecule has 0 atom stereocenters. The summed E-state index contributed by atoms with van der Waals surface area (Å²) in [5.41, 5.74) is 0.941. The Morgan fingerprint density at radius 2 is 1.62 bits per heavy atom. The summed E-state index contributed by atoms with van der Waals surface area (Å²) in [6.45, 7) is 1.30. The molecule has 2 aromatic rings. The Balaban J connectivity index is 2.04. The predicted octanol–water partition coefficient (Wildman–Crippen LogP) is 4.48. The third-order valence-electron chi connectivity index (χ3n) is 2.86. The number of halogens is 3. The second-order valence-corrected chi connectivity index (χ2v) is 10.00. The van der Waals surface area contributed by atoms with Crippen molar-refractivity contribution in [2.45, 2.75) is 11.8 Å². The maximum Gasteiger partial charge on any atom is 0.291 e. The Bertz CT molecular complexity index is 844. The molecule has 0 amide bonds. The van der Waals surface area contributed by atoms with E-state index in [4.69, 9.17) is 4.74 Å². The van der Waals surface area contributed by atoms with Crippen LogP contribution in [-0.2, 0) is 14.8 Å². The van der Waals surface area contributed by atoms with Crippen LogP contribution < -0.4 is 4.74 Å². The van der Waals surface area contributed by atoms with Gasteiger partial charge in [-0.15, -0.1) is 0 Å². The first kappa shape index (κ1) is 20.3. The number of hydrogen-bond donors (Lipinski definition) is 0. The van der Waals surface area contributed by atoms with Gasteiger partial charge in [0.05, 0.1) is 7.14 Å². The molecule has 0 aliphatic carbocycles. The van der Waals surface area contributed by atoms with E-state index in [0.717, 1.165) is 16.3 Å². The zero-order valence-corrected chi connectivity index (χ0v) is 19.6. The van der Waals surface area contributed by atoms with E-state index in [2.05, 4.69) is 72.5 Å². The Hall–Kier alpha value is 0.0100. The number of sulfonamides is 1. The summed E-state index contributed by atoms with van der Waals surface area (Å²) in [4.78, 5) is 12.0. The van der Waals surface area contributed by atoms with Crippen molar-refractivity contribution < 1.29 is 17.9 Å². The Labute approximate surface area is 181 Å². The van der Waals surface area contributed by atoms with Crippen molar-refractivity contribution in [3.63, 3.8) is 0 Å². The lowest BCUT2D eigenvalue weighted by Gasteiger charge is -2.19. The third-order valence-corrected chi connectivity index (χ3v) is 6.42. The Kier molecular flexibility index (Phi) is 7.28. The van der Waals surface area contributed by atoms with Crippen LogP contribution in [0.5, 0.6) is 5.75 Å². The first-order valence-electron chi connectivity index (χ1n) is 6.55. The van der Waals surface area contributed by atoms with E-state index in [9.17, 15) is 13.2 Å². The van der Waals surface area contributed by atoms with Gasteiger partial charge in [0.2, 0.25) is 0 Å². The van der Waals surface area contributed by atoms with Crippen LogP contribution in [0.3, 0.4) is 0 Å². The number of rotatable bonds is 5. The van der Waals surface area contributed by atoms with Crippen LogP contribution in [0.1, 0.15) is 5.56 Å². The van der Waals surface area contributed by atoms with E-state index in [-0.39, 0.29) is 4.90 Å². The lowest BCUT2D eigenvalue weighted by atomic mass is 10.2. The van der Waals surface area contributed by atoms with Gasteiger partial charge in [-0.25, -0.2) is 8.42 Å². The summed E-state index contributed by atoms with van der Waals surface area (Å²) >= 11 is 6.30. The molecule has 2 aromatic carbocycles. The van der Waals surface area contributed by atoms with E-state index in [1.807, 2.05) is 19.1 Å². The number of nitrogens with zero attached hydrogens (tertiary/aromatic N) is 1. The monoisotopic (exact) mass is 682 g/mol. The fourth-order valence-electron chi connectivity index (χ4n) is 1.70. The van der Waals surface area contributed by atoms with E-state index in [1.54, 1.807) is 12.1 Å². The highest BCUT2D eigenvalue weighted by Crippen LogP contribution is 2.30. The first-order valence-corrected chi connectivity index (χ1v) is 11.2. The molecule has 0 aromatic heterocycles. The maximum atomic E-state index is 12.1. The number of hydrogen-bond acceptors (Lipinski definition) is 4. The first-order chi connectivity index (χ1) is 11.2. The fraction of sp³-hybridized carbons (Fsp3) is 0.133. The second kappa shape index (κ2) is 8.60. The number of benzene rings is 2. The van der Waals surface area contributed by atoms with E-state index in [1.165, 1.54) is 12.1 Å². The molecule has 0 unspecified atom stereocenters. The Morgan fingerprint density at radius 3 is 2.17 bits per heavy atom. The number of carbonyl (C=O) groups excluding carboxylic acids is 1. The molecular formula is C15H11I3NO4S-. The summed E-state index contributed by atoms with van der Waals surface area (Å²) in [7, 11) is -3.87. The molecule has 0 radical (unpaired) electrons. The van der Waals surface area contributed by atoms with Gasteiger partial charge in [0.1, 0.15) is 10.0 Å². The van der Waals surface area contributed by atoms with Gasteiger partial charge in [-0.05, 0) is 106 Å². The van der Waals surface area contributed by atoms with Crippen LogP contribution in [0.15, 0.2) is 41.3 Å². The van der Waals surface area contributed by atoms with Crippen LogP contribution in [0, 0.1) is 17.6 Å².